The number of rotatable bonds is 7. The predicted octanol–water partition coefficient (Wildman–Crippen LogP) is 15.7. The number of nitrogens with zero attached hydrogens (tertiary/aromatic N) is 3. The van der Waals surface area contributed by atoms with E-state index >= 15 is 0 Å². The summed E-state index contributed by atoms with van der Waals surface area (Å²) in [6.45, 7) is 11.2. The van der Waals surface area contributed by atoms with Gasteiger partial charge in [0.2, 0.25) is 0 Å². The molecule has 0 fully saturated rings. The van der Waals surface area contributed by atoms with E-state index in [1.54, 1.807) is 0 Å². The molecule has 1 spiro atoms. The first kappa shape index (κ1) is 40.2. The van der Waals surface area contributed by atoms with Gasteiger partial charge in [0.05, 0.1) is 27.8 Å². The van der Waals surface area contributed by atoms with Gasteiger partial charge in [-0.2, -0.15) is 0 Å². The Labute approximate surface area is 391 Å². The summed E-state index contributed by atoms with van der Waals surface area (Å²) in [7, 11) is 0. The highest BCUT2D eigenvalue weighted by Crippen LogP contribution is 2.62. The highest BCUT2D eigenvalue weighted by Gasteiger charge is 2.53. The van der Waals surface area contributed by atoms with E-state index in [9.17, 15) is 0 Å². The van der Waals surface area contributed by atoms with Crippen LogP contribution in [0.3, 0.4) is 0 Å². The highest BCUT2D eigenvalue weighted by atomic mass is 16.5. The van der Waals surface area contributed by atoms with Crippen molar-refractivity contribution in [1.29, 1.82) is 0 Å². The quantitative estimate of drug-likeness (QED) is 0.150. The average molecular weight is 862 g/mol. The maximum atomic E-state index is 6.72. The van der Waals surface area contributed by atoms with Gasteiger partial charge in [0.15, 0.2) is 5.82 Å². The minimum absolute atomic E-state index is 0.395. The molecule has 0 atom stereocenters. The van der Waals surface area contributed by atoms with Crippen LogP contribution in [0.15, 0.2) is 225 Å². The summed E-state index contributed by atoms with van der Waals surface area (Å²) in [5, 5.41) is 2.47. The third kappa shape index (κ3) is 6.06. The molecule has 0 radical (unpaired) electrons. The van der Waals surface area contributed by atoms with Gasteiger partial charge in [0, 0.05) is 49.7 Å². The number of para-hydroxylation sites is 4. The zero-order chi connectivity index (χ0) is 45.3. The minimum Gasteiger partial charge on any atom is -0.457 e. The number of fused-ring (bicyclic) bond motifs is 11. The van der Waals surface area contributed by atoms with Crippen LogP contribution in [0.1, 0.15) is 65.4 Å². The van der Waals surface area contributed by atoms with Crippen LogP contribution in [0.25, 0.3) is 61.3 Å². The van der Waals surface area contributed by atoms with Crippen LogP contribution >= 0.6 is 0 Å². The first-order chi connectivity index (χ1) is 32.9. The summed E-state index contributed by atoms with van der Waals surface area (Å²) in [6.07, 6.45) is 6.23. The molecule has 0 saturated heterocycles. The van der Waals surface area contributed by atoms with Gasteiger partial charge in [-0.3, -0.25) is 0 Å². The Morgan fingerprint density at radius 3 is 1.75 bits per heavy atom. The summed E-state index contributed by atoms with van der Waals surface area (Å²) < 4.78 is 9.06. The van der Waals surface area contributed by atoms with Crippen molar-refractivity contribution in [3.05, 3.63) is 270 Å². The normalized spacial score (nSPS) is 14.5. The third-order valence-electron chi connectivity index (χ3n) is 14.1. The third-order valence-corrected chi connectivity index (χ3v) is 14.1. The van der Waals surface area contributed by atoms with Gasteiger partial charge in [-0.1, -0.05) is 184 Å². The van der Waals surface area contributed by atoms with Crippen molar-refractivity contribution in [3.8, 4) is 39.8 Å². The molecule has 4 heteroatoms. The summed E-state index contributed by atoms with van der Waals surface area (Å²) in [5.41, 5.74) is 16.5. The molecule has 10 aromatic rings. The Bertz CT molecular complexity index is 3560. The second kappa shape index (κ2) is 15.7. The highest BCUT2D eigenvalue weighted by molar-refractivity contribution is 6.09. The summed E-state index contributed by atoms with van der Waals surface area (Å²) in [6, 6.07) is 71.4. The van der Waals surface area contributed by atoms with Crippen LogP contribution in [-0.2, 0) is 10.8 Å². The smallest absolute Gasteiger partial charge is 0.160 e. The van der Waals surface area contributed by atoms with E-state index < -0.39 is 10.8 Å². The zero-order valence-corrected chi connectivity index (χ0v) is 37.7. The fourth-order valence-electron chi connectivity index (χ4n) is 11.3. The Balaban J connectivity index is 1.05. The summed E-state index contributed by atoms with van der Waals surface area (Å²) in [4.78, 5) is 10.8. The zero-order valence-electron chi connectivity index (χ0n) is 37.7. The van der Waals surface area contributed by atoms with Crippen molar-refractivity contribution in [1.82, 2.24) is 14.5 Å². The van der Waals surface area contributed by atoms with Gasteiger partial charge in [-0.05, 0) is 94.9 Å². The van der Waals surface area contributed by atoms with E-state index in [2.05, 4.69) is 238 Å². The number of hydrogen-bond acceptors (Lipinski definition) is 3. The number of hydrogen-bond donors (Lipinski definition) is 0. The molecule has 0 unspecified atom stereocenters. The SMILES string of the molecule is C=C/C=C(\C(=C/C)c1cccc2c1C(C)(C)c1ccccc1C21c2ccccc2Oc2ccccc21)c1cc(-c2ccccc2)nc(-c2ccc(-n3c4ccccc4c4ccccc43)cc2)n1. The van der Waals surface area contributed by atoms with Crippen LogP contribution < -0.4 is 4.74 Å². The monoisotopic (exact) mass is 861 g/mol. The van der Waals surface area contributed by atoms with Gasteiger partial charge < -0.3 is 9.30 Å². The molecule has 0 amide bonds. The van der Waals surface area contributed by atoms with Crippen LogP contribution in [-0.4, -0.2) is 14.5 Å². The van der Waals surface area contributed by atoms with E-state index in [0.717, 1.165) is 67.5 Å². The fourth-order valence-corrected chi connectivity index (χ4v) is 11.3. The second-order valence-electron chi connectivity index (χ2n) is 18.0. The molecule has 1 aliphatic carbocycles. The van der Waals surface area contributed by atoms with E-state index in [1.807, 2.05) is 12.1 Å². The topological polar surface area (TPSA) is 39.9 Å². The van der Waals surface area contributed by atoms with Crippen molar-refractivity contribution >= 4 is 33.0 Å². The molecule has 67 heavy (non-hydrogen) atoms. The molecule has 1 aliphatic heterocycles. The molecule has 0 saturated carbocycles. The molecule has 12 rings (SSSR count). The molecule has 0 bridgehead atoms. The van der Waals surface area contributed by atoms with Crippen LogP contribution in [0.2, 0.25) is 0 Å². The molecule has 3 heterocycles. The van der Waals surface area contributed by atoms with Gasteiger partial charge >= 0.3 is 0 Å². The van der Waals surface area contributed by atoms with Gasteiger partial charge in [0.25, 0.3) is 0 Å². The Morgan fingerprint density at radius 2 is 1.10 bits per heavy atom. The molecule has 2 aliphatic rings. The van der Waals surface area contributed by atoms with Crippen molar-refractivity contribution in [3.63, 3.8) is 0 Å². The molecule has 8 aromatic carbocycles. The van der Waals surface area contributed by atoms with E-state index in [0.29, 0.717) is 5.82 Å². The van der Waals surface area contributed by atoms with Crippen molar-refractivity contribution in [2.24, 2.45) is 0 Å². The first-order valence-electron chi connectivity index (χ1n) is 23.1. The Morgan fingerprint density at radius 1 is 0.537 bits per heavy atom. The molecule has 0 N–H and O–H groups in total. The fraction of sp³-hybridized carbons (Fsp3) is 0.0794. The van der Waals surface area contributed by atoms with Crippen molar-refractivity contribution in [2.45, 2.75) is 31.6 Å². The Hall–Kier alpha value is -8.34. The van der Waals surface area contributed by atoms with Gasteiger partial charge in [-0.25, -0.2) is 9.97 Å². The minimum atomic E-state index is -0.641. The van der Waals surface area contributed by atoms with Crippen molar-refractivity contribution < 1.29 is 4.74 Å². The summed E-state index contributed by atoms with van der Waals surface area (Å²) in [5.74, 6) is 2.39. The lowest BCUT2D eigenvalue weighted by Gasteiger charge is -2.50. The molecule has 4 nitrogen and oxygen atoms in total. The Kier molecular flexibility index (Phi) is 9.40. The second-order valence-corrected chi connectivity index (χ2v) is 18.0. The predicted molar refractivity (Wildman–Crippen MR) is 276 cm³/mol. The number of benzene rings is 8. The molecular formula is C63H47N3O. The summed E-state index contributed by atoms with van der Waals surface area (Å²) >= 11 is 0. The lowest BCUT2D eigenvalue weighted by atomic mass is 9.52. The number of ether oxygens (including phenoxy) is 1. The maximum absolute atomic E-state index is 6.72. The standard InChI is InChI=1S/C63H47N3O/c1-5-21-45(55-40-54(41-22-8-7-9-23-41)64-61(65-55)42-36-38-43(39-37-42)66-56-32-16-10-24-46(56)47-25-11-17-33-57(47)66)44(6-2)48-26-20-31-53-60(48)62(3,4)49-27-12-13-28-50(49)63(53)51-29-14-18-34-58(51)67-59-35-19-15-30-52(59)63/h5-40H,1H2,2-4H3/b44-6+,45-21+. The lowest BCUT2D eigenvalue weighted by molar-refractivity contribution is 0.425. The maximum Gasteiger partial charge on any atom is 0.160 e. The van der Waals surface area contributed by atoms with Crippen LogP contribution in [0.4, 0.5) is 0 Å². The van der Waals surface area contributed by atoms with Crippen LogP contribution in [0, 0.1) is 0 Å². The molecule has 320 valence electrons. The van der Waals surface area contributed by atoms with E-state index in [-0.39, 0.29) is 0 Å². The average Bonchev–Trinajstić information content (AvgIpc) is 3.72. The van der Waals surface area contributed by atoms with Gasteiger partial charge in [0.1, 0.15) is 11.5 Å². The first-order valence-corrected chi connectivity index (χ1v) is 23.1. The van der Waals surface area contributed by atoms with E-state index in [1.165, 1.54) is 44.1 Å². The van der Waals surface area contributed by atoms with Gasteiger partial charge in [-0.15, -0.1) is 0 Å². The van der Waals surface area contributed by atoms with Crippen molar-refractivity contribution in [2.75, 3.05) is 0 Å². The van der Waals surface area contributed by atoms with Crippen LogP contribution in [0.5, 0.6) is 11.5 Å². The number of allylic oxidation sites excluding steroid dienone is 5. The molecular weight excluding hydrogens is 815 g/mol. The number of aromatic nitrogens is 3. The largest absolute Gasteiger partial charge is 0.457 e. The lowest BCUT2D eigenvalue weighted by Crippen LogP contribution is -2.43. The van der Waals surface area contributed by atoms with E-state index in [4.69, 9.17) is 14.7 Å². The molecule has 2 aromatic heterocycles.